The van der Waals surface area contributed by atoms with Crippen molar-refractivity contribution >= 4 is 18.1 Å². The first-order valence-corrected chi connectivity index (χ1v) is 8.60. The highest BCUT2D eigenvalue weighted by Gasteiger charge is 2.38. The minimum Gasteiger partial charge on any atom is -0.368 e. The summed E-state index contributed by atoms with van der Waals surface area (Å²) in [5, 5.41) is 2.75. The van der Waals surface area contributed by atoms with Crippen molar-refractivity contribution < 1.29 is 19.1 Å². The van der Waals surface area contributed by atoms with E-state index in [9.17, 15) is 14.4 Å². The molecule has 6 nitrogen and oxygen atoms in total. The first-order valence-electron chi connectivity index (χ1n) is 8.60. The van der Waals surface area contributed by atoms with Gasteiger partial charge in [-0.1, -0.05) is 27.2 Å². The number of hydrogen-bond acceptors (Lipinski definition) is 5. The molecular weight excluding hydrogens is 296 g/mol. The quantitative estimate of drug-likeness (QED) is 0.398. The fourth-order valence-electron chi connectivity index (χ4n) is 1.95. The van der Waals surface area contributed by atoms with Gasteiger partial charge < -0.3 is 14.8 Å². The second kappa shape index (κ2) is 17.1. The number of likely N-dealkylation sites (tertiary alicyclic amines) is 1. The van der Waals surface area contributed by atoms with Crippen molar-refractivity contribution in [3.63, 3.8) is 0 Å². The molecule has 0 aromatic carbocycles. The maximum atomic E-state index is 11.9. The SMILES string of the molecule is CC.CCCOC1CC(=O)N(CCCCCC=O)C1=O.CNC. The van der Waals surface area contributed by atoms with Crippen molar-refractivity contribution in [2.75, 3.05) is 27.2 Å². The molecule has 1 atom stereocenters. The van der Waals surface area contributed by atoms with E-state index in [2.05, 4.69) is 5.32 Å². The van der Waals surface area contributed by atoms with Gasteiger partial charge in [0.15, 0.2) is 0 Å². The number of nitrogens with one attached hydrogen (secondary N) is 1. The van der Waals surface area contributed by atoms with Gasteiger partial charge in [0.1, 0.15) is 12.4 Å². The van der Waals surface area contributed by atoms with E-state index in [1.807, 2.05) is 34.9 Å². The molecule has 1 heterocycles. The summed E-state index contributed by atoms with van der Waals surface area (Å²) < 4.78 is 5.35. The lowest BCUT2D eigenvalue weighted by Crippen LogP contribution is -2.33. The fourth-order valence-corrected chi connectivity index (χ4v) is 1.95. The molecule has 23 heavy (non-hydrogen) atoms. The van der Waals surface area contributed by atoms with E-state index in [-0.39, 0.29) is 18.2 Å². The largest absolute Gasteiger partial charge is 0.368 e. The maximum absolute atomic E-state index is 11.9. The Morgan fingerprint density at radius 2 is 1.83 bits per heavy atom. The standard InChI is InChI=1S/C13H21NO4.C2H7N.C2H6/c1-2-9-18-11-10-12(16)14(13(11)17)7-5-3-4-6-8-15;1-3-2;1-2/h8,11H,2-7,9-10H2,1H3;3H,1-2H3;1-2H3. The highest BCUT2D eigenvalue weighted by Crippen LogP contribution is 2.17. The van der Waals surface area contributed by atoms with E-state index in [1.165, 1.54) is 4.90 Å². The van der Waals surface area contributed by atoms with E-state index in [0.29, 0.717) is 19.6 Å². The number of rotatable bonds is 9. The molecule has 0 radical (unpaired) electrons. The molecule has 1 unspecified atom stereocenters. The first kappa shape index (κ1) is 24.0. The van der Waals surface area contributed by atoms with Crippen LogP contribution >= 0.6 is 0 Å². The summed E-state index contributed by atoms with van der Waals surface area (Å²) in [6.07, 6.45) is 4.30. The summed E-state index contributed by atoms with van der Waals surface area (Å²) in [7, 11) is 3.75. The number of carbonyl (C=O) groups is 3. The number of imide groups is 1. The minimum atomic E-state index is -0.576. The number of nitrogens with zero attached hydrogens (tertiary/aromatic N) is 1. The summed E-state index contributed by atoms with van der Waals surface area (Å²) in [6, 6.07) is 0. The summed E-state index contributed by atoms with van der Waals surface area (Å²) in [6.45, 7) is 6.92. The number of ether oxygens (including phenoxy) is 1. The van der Waals surface area contributed by atoms with Crippen molar-refractivity contribution in [3.05, 3.63) is 0 Å². The molecule has 1 aliphatic heterocycles. The van der Waals surface area contributed by atoms with Crippen LogP contribution in [0.15, 0.2) is 0 Å². The second-order valence-electron chi connectivity index (χ2n) is 4.96. The van der Waals surface area contributed by atoms with Crippen molar-refractivity contribution in [2.24, 2.45) is 0 Å². The Labute approximate surface area is 140 Å². The Hall–Kier alpha value is -1.27. The van der Waals surface area contributed by atoms with Crippen LogP contribution in [0.5, 0.6) is 0 Å². The third-order valence-electron chi connectivity index (χ3n) is 2.93. The van der Waals surface area contributed by atoms with Gasteiger partial charge in [0.05, 0.1) is 6.42 Å². The van der Waals surface area contributed by atoms with Crippen molar-refractivity contribution in [1.82, 2.24) is 10.2 Å². The molecule has 0 aromatic rings. The van der Waals surface area contributed by atoms with Gasteiger partial charge in [0, 0.05) is 19.6 Å². The minimum absolute atomic E-state index is 0.142. The molecule has 1 rings (SSSR count). The van der Waals surface area contributed by atoms with Crippen LogP contribution in [0.3, 0.4) is 0 Å². The lowest BCUT2D eigenvalue weighted by Gasteiger charge is -2.14. The predicted octanol–water partition coefficient (Wildman–Crippen LogP) is 2.16. The van der Waals surface area contributed by atoms with Gasteiger partial charge in [-0.15, -0.1) is 0 Å². The normalized spacial score (nSPS) is 16.4. The van der Waals surface area contributed by atoms with Crippen LogP contribution < -0.4 is 5.32 Å². The summed E-state index contributed by atoms with van der Waals surface area (Å²) in [5.74, 6) is -0.347. The molecule has 1 fully saturated rings. The molecule has 1 saturated heterocycles. The Morgan fingerprint density at radius 1 is 1.22 bits per heavy atom. The van der Waals surface area contributed by atoms with Gasteiger partial charge >= 0.3 is 0 Å². The number of unbranched alkanes of at least 4 members (excludes halogenated alkanes) is 3. The van der Waals surface area contributed by atoms with Gasteiger partial charge in [-0.2, -0.15) is 0 Å². The predicted molar refractivity (Wildman–Crippen MR) is 92.2 cm³/mol. The van der Waals surface area contributed by atoms with Gasteiger partial charge in [0.2, 0.25) is 5.91 Å². The van der Waals surface area contributed by atoms with Crippen LogP contribution in [0.1, 0.15) is 59.3 Å². The molecule has 1 aliphatic rings. The Kier molecular flexibility index (Phi) is 17.8. The Bertz CT molecular complexity index is 322. The van der Waals surface area contributed by atoms with Crippen molar-refractivity contribution in [1.29, 1.82) is 0 Å². The van der Waals surface area contributed by atoms with Crippen LogP contribution in [0.25, 0.3) is 0 Å². The fraction of sp³-hybridized carbons (Fsp3) is 0.824. The van der Waals surface area contributed by atoms with Crippen molar-refractivity contribution in [3.8, 4) is 0 Å². The monoisotopic (exact) mass is 330 g/mol. The van der Waals surface area contributed by atoms with Gasteiger partial charge in [-0.25, -0.2) is 0 Å². The lowest BCUT2D eigenvalue weighted by molar-refractivity contribution is -0.142. The van der Waals surface area contributed by atoms with E-state index in [0.717, 1.165) is 32.0 Å². The average molecular weight is 330 g/mol. The molecule has 0 saturated carbocycles. The summed E-state index contributed by atoms with van der Waals surface area (Å²) >= 11 is 0. The van der Waals surface area contributed by atoms with Crippen LogP contribution in [0.4, 0.5) is 0 Å². The molecule has 6 heteroatoms. The van der Waals surface area contributed by atoms with Gasteiger partial charge in [0.25, 0.3) is 5.91 Å². The van der Waals surface area contributed by atoms with Crippen LogP contribution in [-0.2, 0) is 19.1 Å². The Balaban J connectivity index is 0. The van der Waals surface area contributed by atoms with Crippen LogP contribution in [0.2, 0.25) is 0 Å². The molecule has 0 aliphatic carbocycles. The smallest absolute Gasteiger partial charge is 0.258 e. The lowest BCUT2D eigenvalue weighted by atomic mass is 10.2. The van der Waals surface area contributed by atoms with Crippen LogP contribution in [0, 0.1) is 0 Å². The first-order chi connectivity index (χ1) is 11.1. The zero-order chi connectivity index (χ0) is 18.1. The molecule has 0 aromatic heterocycles. The zero-order valence-electron chi connectivity index (χ0n) is 15.4. The molecule has 0 spiro atoms. The average Bonchev–Trinajstić information content (AvgIpc) is 2.82. The number of aldehydes is 1. The number of amides is 2. The van der Waals surface area contributed by atoms with Crippen LogP contribution in [-0.4, -0.2) is 56.4 Å². The van der Waals surface area contributed by atoms with Gasteiger partial charge in [-0.05, 0) is 33.4 Å². The highest BCUT2D eigenvalue weighted by atomic mass is 16.5. The molecular formula is C17H34N2O4. The number of carbonyl (C=O) groups excluding carboxylic acids is 3. The van der Waals surface area contributed by atoms with Crippen molar-refractivity contribution in [2.45, 2.75) is 65.4 Å². The molecule has 136 valence electrons. The van der Waals surface area contributed by atoms with E-state index >= 15 is 0 Å². The van der Waals surface area contributed by atoms with Gasteiger partial charge in [-0.3, -0.25) is 14.5 Å². The second-order valence-corrected chi connectivity index (χ2v) is 4.96. The highest BCUT2D eigenvalue weighted by molar-refractivity contribution is 6.04. The van der Waals surface area contributed by atoms with E-state index in [1.54, 1.807) is 0 Å². The Morgan fingerprint density at radius 3 is 2.35 bits per heavy atom. The third kappa shape index (κ3) is 11.0. The molecule has 0 bridgehead atoms. The molecule has 1 N–H and O–H groups in total. The molecule has 2 amide bonds. The third-order valence-corrected chi connectivity index (χ3v) is 2.93. The zero-order valence-corrected chi connectivity index (χ0v) is 15.4. The number of hydrogen-bond donors (Lipinski definition) is 1. The summed E-state index contributed by atoms with van der Waals surface area (Å²) in [4.78, 5) is 34.9. The summed E-state index contributed by atoms with van der Waals surface area (Å²) in [5.41, 5.74) is 0. The topological polar surface area (TPSA) is 75.7 Å². The van der Waals surface area contributed by atoms with E-state index < -0.39 is 6.10 Å². The van der Waals surface area contributed by atoms with E-state index in [4.69, 9.17) is 4.74 Å². The maximum Gasteiger partial charge on any atom is 0.258 e.